The van der Waals surface area contributed by atoms with Gasteiger partial charge in [0.2, 0.25) is 0 Å². The Labute approximate surface area is 125 Å². The average Bonchev–Trinajstić information content (AvgIpc) is 2.46. The third kappa shape index (κ3) is 2.52. The van der Waals surface area contributed by atoms with Crippen LogP contribution in [0.3, 0.4) is 0 Å². The third-order valence-corrected chi connectivity index (χ3v) is 4.44. The van der Waals surface area contributed by atoms with Crippen LogP contribution >= 0.6 is 15.9 Å². The molecule has 2 aliphatic rings. The molecule has 1 aliphatic carbocycles. The van der Waals surface area contributed by atoms with Gasteiger partial charge < -0.3 is 5.21 Å². The number of rotatable bonds is 2. The molecule has 0 bridgehead atoms. The number of azo groups is 1. The molecule has 3 rings (SSSR count). The number of amides is 1. The van der Waals surface area contributed by atoms with Gasteiger partial charge in [-0.1, -0.05) is 6.42 Å². The van der Waals surface area contributed by atoms with Gasteiger partial charge in [0.05, 0.1) is 11.6 Å². The number of pyridine rings is 1. The van der Waals surface area contributed by atoms with Crippen LogP contribution < -0.4 is 4.73 Å². The Balaban J connectivity index is 1.90. The topological polar surface area (TPSA) is 68.7 Å². The van der Waals surface area contributed by atoms with Gasteiger partial charge in [0.15, 0.2) is 6.20 Å². The molecule has 1 aromatic heterocycles. The Hall–Kier alpha value is -1.56. The minimum absolute atomic E-state index is 0.0622. The highest BCUT2D eigenvalue weighted by atomic mass is 79.9. The van der Waals surface area contributed by atoms with Crippen molar-refractivity contribution in [3.05, 3.63) is 45.0 Å². The fourth-order valence-corrected chi connectivity index (χ4v) is 3.24. The number of allylic oxidation sites excluding steroid dienone is 1. The zero-order chi connectivity index (χ0) is 14.1. The number of fused-ring (bicyclic) bond motifs is 1. The van der Waals surface area contributed by atoms with Gasteiger partial charge in [-0.05, 0) is 30.4 Å². The minimum atomic E-state index is -0.102. The molecule has 0 radical (unpaired) electrons. The van der Waals surface area contributed by atoms with Crippen LogP contribution in [0.15, 0.2) is 44.4 Å². The number of hydrogen-bond acceptors (Lipinski definition) is 3. The first-order valence-electron chi connectivity index (χ1n) is 6.70. The van der Waals surface area contributed by atoms with Crippen molar-refractivity contribution >= 4 is 21.8 Å². The van der Waals surface area contributed by atoms with Gasteiger partial charge in [-0.3, -0.25) is 4.79 Å². The van der Waals surface area contributed by atoms with Crippen LogP contribution in [0.2, 0.25) is 0 Å². The number of carbonyl (C=O) groups is 1. The van der Waals surface area contributed by atoms with E-state index in [9.17, 15) is 10.0 Å². The van der Waals surface area contributed by atoms with Crippen LogP contribution in [0.1, 0.15) is 31.2 Å². The van der Waals surface area contributed by atoms with Crippen LogP contribution in [0.5, 0.6) is 0 Å². The molecule has 0 N–H and O–H groups in total. The summed E-state index contributed by atoms with van der Waals surface area (Å²) in [4.78, 5) is 11.8. The summed E-state index contributed by atoms with van der Waals surface area (Å²) in [5, 5.41) is 19.2. The molecule has 1 unspecified atom stereocenters. The number of hydrogen-bond donors (Lipinski definition) is 0. The Morgan fingerprint density at radius 3 is 3.05 bits per heavy atom. The first-order valence-corrected chi connectivity index (χ1v) is 7.49. The molecule has 20 heavy (non-hydrogen) atoms. The lowest BCUT2D eigenvalue weighted by Gasteiger charge is -2.26. The molecular weight excluding hydrogens is 322 g/mol. The number of aromatic nitrogens is 1. The molecule has 0 spiro atoms. The molecule has 0 aromatic carbocycles. The number of carbonyl (C=O) groups excluding carboxylic acids is 1. The van der Waals surface area contributed by atoms with Crippen molar-refractivity contribution < 1.29 is 9.52 Å². The Kier molecular flexibility index (Phi) is 3.65. The number of nitrogens with zero attached hydrogens (tertiary/aromatic N) is 3. The van der Waals surface area contributed by atoms with E-state index >= 15 is 0 Å². The summed E-state index contributed by atoms with van der Waals surface area (Å²) in [7, 11) is 0. The van der Waals surface area contributed by atoms with Crippen molar-refractivity contribution in [2.75, 3.05) is 0 Å². The van der Waals surface area contributed by atoms with Crippen LogP contribution in [-0.2, 0) is 11.2 Å². The van der Waals surface area contributed by atoms with Crippen LogP contribution in [0.4, 0.5) is 0 Å². The number of halogens is 1. The van der Waals surface area contributed by atoms with E-state index in [1.807, 2.05) is 0 Å². The lowest BCUT2D eigenvalue weighted by molar-refractivity contribution is -0.617. The molecule has 5 nitrogen and oxygen atoms in total. The Morgan fingerprint density at radius 2 is 2.25 bits per heavy atom. The van der Waals surface area contributed by atoms with Crippen molar-refractivity contribution in [1.82, 2.24) is 0 Å². The van der Waals surface area contributed by atoms with E-state index in [0.717, 1.165) is 47.2 Å². The summed E-state index contributed by atoms with van der Waals surface area (Å²) < 4.78 is 1.24. The standard InChI is InChI=1S/C14H14BrN3O2/c15-13-8-9(5-6-18(13)20)7-12-10-3-1-2-4-11(10)14(19)17-16-12/h5-6,8,11H,1-4,7H2. The second kappa shape index (κ2) is 5.44. The average molecular weight is 336 g/mol. The normalized spacial score (nSPS) is 22.1. The van der Waals surface area contributed by atoms with E-state index < -0.39 is 0 Å². The zero-order valence-electron chi connectivity index (χ0n) is 10.9. The van der Waals surface area contributed by atoms with E-state index in [4.69, 9.17) is 0 Å². The fourth-order valence-electron chi connectivity index (χ4n) is 2.83. The SMILES string of the molecule is O=C1N=NC(Cc2cc[n+]([O-])c(Br)c2)=C2CCCCC12. The van der Waals surface area contributed by atoms with Gasteiger partial charge in [0.1, 0.15) is 0 Å². The van der Waals surface area contributed by atoms with E-state index in [-0.39, 0.29) is 11.8 Å². The monoisotopic (exact) mass is 335 g/mol. The van der Waals surface area contributed by atoms with Gasteiger partial charge in [-0.2, -0.15) is 9.84 Å². The predicted octanol–water partition coefficient (Wildman–Crippen LogP) is 3.06. The summed E-state index contributed by atoms with van der Waals surface area (Å²) in [5.41, 5.74) is 3.03. The van der Waals surface area contributed by atoms with Crippen LogP contribution in [0, 0.1) is 11.1 Å². The van der Waals surface area contributed by atoms with Gasteiger partial charge in [0.25, 0.3) is 10.5 Å². The van der Waals surface area contributed by atoms with Crippen molar-refractivity contribution in [1.29, 1.82) is 0 Å². The minimum Gasteiger partial charge on any atom is -0.618 e. The first-order chi connectivity index (χ1) is 9.65. The van der Waals surface area contributed by atoms with Crippen molar-refractivity contribution in [2.45, 2.75) is 32.1 Å². The molecule has 6 heteroatoms. The summed E-state index contributed by atoms with van der Waals surface area (Å²) in [6, 6.07) is 3.56. The van der Waals surface area contributed by atoms with Crippen molar-refractivity contribution in [2.24, 2.45) is 16.1 Å². The fraction of sp³-hybridized carbons (Fsp3) is 0.429. The van der Waals surface area contributed by atoms with E-state index in [2.05, 4.69) is 26.2 Å². The summed E-state index contributed by atoms with van der Waals surface area (Å²) in [6.45, 7) is 0. The molecule has 104 valence electrons. The second-order valence-corrected chi connectivity index (χ2v) is 5.98. The molecule has 1 amide bonds. The largest absolute Gasteiger partial charge is 0.618 e. The summed E-state index contributed by atoms with van der Waals surface area (Å²) in [5.74, 6) is -0.164. The van der Waals surface area contributed by atoms with Gasteiger partial charge in [-0.25, -0.2) is 0 Å². The van der Waals surface area contributed by atoms with E-state index in [1.54, 1.807) is 12.1 Å². The molecule has 2 heterocycles. The van der Waals surface area contributed by atoms with Crippen molar-refractivity contribution in [3.8, 4) is 0 Å². The molecular formula is C14H14BrN3O2. The molecule has 1 fully saturated rings. The quantitative estimate of drug-likeness (QED) is 0.473. The van der Waals surface area contributed by atoms with Gasteiger partial charge in [-0.15, -0.1) is 5.11 Å². The lowest BCUT2D eigenvalue weighted by atomic mass is 9.81. The lowest BCUT2D eigenvalue weighted by Crippen LogP contribution is -2.27. The molecule has 1 saturated carbocycles. The van der Waals surface area contributed by atoms with Gasteiger partial charge in [0, 0.05) is 34.5 Å². The zero-order valence-corrected chi connectivity index (χ0v) is 12.5. The van der Waals surface area contributed by atoms with Crippen molar-refractivity contribution in [3.63, 3.8) is 0 Å². The van der Waals surface area contributed by atoms with Gasteiger partial charge >= 0.3 is 0 Å². The molecule has 1 atom stereocenters. The highest BCUT2D eigenvalue weighted by Gasteiger charge is 2.31. The maximum Gasteiger partial charge on any atom is 0.271 e. The predicted molar refractivity (Wildman–Crippen MR) is 75.7 cm³/mol. The maximum absolute atomic E-state index is 11.8. The molecule has 0 saturated heterocycles. The maximum atomic E-state index is 11.8. The third-order valence-electron chi connectivity index (χ3n) is 3.86. The molecule has 1 aromatic rings. The molecule has 1 aliphatic heterocycles. The Morgan fingerprint density at radius 1 is 1.40 bits per heavy atom. The summed E-state index contributed by atoms with van der Waals surface area (Å²) in [6.07, 6.45) is 6.08. The van der Waals surface area contributed by atoms with E-state index in [0.29, 0.717) is 11.0 Å². The van der Waals surface area contributed by atoms with E-state index in [1.165, 1.54) is 6.20 Å². The highest BCUT2D eigenvalue weighted by molar-refractivity contribution is 9.10. The van der Waals surface area contributed by atoms with Crippen LogP contribution in [-0.4, -0.2) is 5.91 Å². The Bertz CT molecular complexity index is 625. The highest BCUT2D eigenvalue weighted by Crippen LogP contribution is 2.36. The summed E-state index contributed by atoms with van der Waals surface area (Å²) >= 11 is 3.22. The smallest absolute Gasteiger partial charge is 0.271 e. The second-order valence-electron chi connectivity index (χ2n) is 5.17. The van der Waals surface area contributed by atoms with Crippen LogP contribution in [0.25, 0.3) is 0 Å². The first kappa shape index (κ1) is 13.4.